The number of carbonyl (C=O) groups excluding carboxylic acids is 2. The summed E-state index contributed by atoms with van der Waals surface area (Å²) in [6.07, 6.45) is 1.51. The van der Waals surface area contributed by atoms with Crippen LogP contribution in [0.25, 0.3) is 6.08 Å². The molecule has 0 unspecified atom stereocenters. The highest BCUT2D eigenvalue weighted by Crippen LogP contribution is 2.37. The Hall–Kier alpha value is -2.64. The number of hydrogen-bond acceptors (Lipinski definition) is 6. The summed E-state index contributed by atoms with van der Waals surface area (Å²) in [7, 11) is 1.42. The van der Waals surface area contributed by atoms with Crippen molar-refractivity contribution in [3.63, 3.8) is 0 Å². The highest BCUT2D eigenvalue weighted by molar-refractivity contribution is 9.10. The van der Waals surface area contributed by atoms with Crippen LogP contribution in [0.5, 0.6) is 11.5 Å². The summed E-state index contributed by atoms with van der Waals surface area (Å²) in [5, 5.41) is 0.167. The van der Waals surface area contributed by atoms with Gasteiger partial charge in [-0.1, -0.05) is 27.5 Å². The van der Waals surface area contributed by atoms with E-state index in [4.69, 9.17) is 25.8 Å². The third-order valence-corrected chi connectivity index (χ3v) is 4.32. The fourth-order valence-electron chi connectivity index (χ4n) is 2.35. The van der Waals surface area contributed by atoms with Gasteiger partial charge in [0, 0.05) is 17.0 Å². The van der Waals surface area contributed by atoms with Gasteiger partial charge in [0.15, 0.2) is 17.2 Å². The number of hydrogen-bond donors (Lipinski definition) is 0. The maximum atomic E-state index is 12.1. The van der Waals surface area contributed by atoms with Crippen LogP contribution in [0.4, 0.5) is 0 Å². The van der Waals surface area contributed by atoms with Crippen molar-refractivity contribution in [2.45, 2.75) is 6.92 Å². The van der Waals surface area contributed by atoms with E-state index in [1.807, 2.05) is 12.1 Å². The van der Waals surface area contributed by atoms with Crippen molar-refractivity contribution in [2.75, 3.05) is 7.11 Å². The molecule has 0 spiro atoms. The van der Waals surface area contributed by atoms with Gasteiger partial charge < -0.3 is 14.2 Å². The summed E-state index contributed by atoms with van der Waals surface area (Å²) < 4.78 is 16.4. The first-order chi connectivity index (χ1) is 12.9. The largest absolute Gasteiger partial charge is 0.493 e. The molecule has 0 aromatic heterocycles. The van der Waals surface area contributed by atoms with Crippen LogP contribution in [-0.2, 0) is 14.3 Å². The minimum Gasteiger partial charge on any atom is -0.493 e. The first-order valence-corrected chi connectivity index (χ1v) is 8.89. The quantitative estimate of drug-likeness (QED) is 0.393. The Balaban J connectivity index is 1.96. The van der Waals surface area contributed by atoms with Crippen molar-refractivity contribution >= 4 is 51.4 Å². The summed E-state index contributed by atoms with van der Waals surface area (Å²) in [5.41, 5.74) is 1.34. The number of carbonyl (C=O) groups is 2. The topological polar surface area (TPSA) is 74.2 Å². The molecule has 0 fully saturated rings. The Morgan fingerprint density at radius 3 is 2.59 bits per heavy atom. The molecule has 1 aliphatic rings. The van der Waals surface area contributed by atoms with Crippen LogP contribution in [0.1, 0.15) is 18.1 Å². The van der Waals surface area contributed by atoms with Crippen LogP contribution in [0.15, 0.2) is 51.6 Å². The number of esters is 2. The van der Waals surface area contributed by atoms with Gasteiger partial charge in [-0.25, -0.2) is 9.79 Å². The number of rotatable bonds is 4. The SMILES string of the molecule is COc1cc(/C=C2/N=C(c3ccc(Br)cc3)OC2=O)cc(Cl)c1OC(C)=O. The zero-order valence-corrected chi connectivity index (χ0v) is 16.6. The number of nitrogens with zero attached hydrogens (tertiary/aromatic N) is 1. The van der Waals surface area contributed by atoms with Crippen LogP contribution in [0.2, 0.25) is 5.02 Å². The lowest BCUT2D eigenvalue weighted by atomic mass is 10.1. The lowest BCUT2D eigenvalue weighted by Crippen LogP contribution is -2.05. The summed E-state index contributed by atoms with van der Waals surface area (Å²) in [5.74, 6) is -0.514. The lowest BCUT2D eigenvalue weighted by Gasteiger charge is -2.10. The van der Waals surface area contributed by atoms with Gasteiger partial charge in [-0.2, -0.15) is 0 Å². The zero-order chi connectivity index (χ0) is 19.6. The molecule has 0 saturated heterocycles. The van der Waals surface area contributed by atoms with E-state index in [1.165, 1.54) is 26.2 Å². The summed E-state index contributed by atoms with van der Waals surface area (Å²) in [6, 6.07) is 10.3. The van der Waals surface area contributed by atoms with Crippen LogP contribution in [0, 0.1) is 0 Å². The van der Waals surface area contributed by atoms with Gasteiger partial charge in [-0.3, -0.25) is 4.79 Å². The van der Waals surface area contributed by atoms with E-state index >= 15 is 0 Å². The molecule has 2 aromatic rings. The van der Waals surface area contributed by atoms with E-state index in [9.17, 15) is 9.59 Å². The normalized spacial score (nSPS) is 14.7. The summed E-state index contributed by atoms with van der Waals surface area (Å²) in [4.78, 5) is 27.6. The molecule has 0 saturated carbocycles. The average Bonchev–Trinajstić information content (AvgIpc) is 2.98. The monoisotopic (exact) mass is 449 g/mol. The van der Waals surface area contributed by atoms with E-state index in [2.05, 4.69) is 20.9 Å². The molecule has 0 bridgehead atoms. The van der Waals surface area contributed by atoms with Crippen LogP contribution >= 0.6 is 27.5 Å². The second-order valence-electron chi connectivity index (χ2n) is 5.47. The van der Waals surface area contributed by atoms with Gasteiger partial charge in [0.1, 0.15) is 0 Å². The fourth-order valence-corrected chi connectivity index (χ4v) is 2.87. The first-order valence-electron chi connectivity index (χ1n) is 7.72. The number of aliphatic imine (C=N–C) groups is 1. The third-order valence-electron chi connectivity index (χ3n) is 3.51. The highest BCUT2D eigenvalue weighted by atomic mass is 79.9. The molecule has 138 valence electrons. The van der Waals surface area contributed by atoms with Crippen molar-refractivity contribution in [1.82, 2.24) is 0 Å². The van der Waals surface area contributed by atoms with Gasteiger partial charge in [0.2, 0.25) is 5.90 Å². The van der Waals surface area contributed by atoms with Crippen molar-refractivity contribution in [3.05, 3.63) is 62.7 Å². The molecular weight excluding hydrogens is 438 g/mol. The molecule has 1 aliphatic heterocycles. The first kappa shape index (κ1) is 19.1. The summed E-state index contributed by atoms with van der Waals surface area (Å²) >= 11 is 9.52. The minimum absolute atomic E-state index is 0.113. The number of benzene rings is 2. The molecule has 0 N–H and O–H groups in total. The standard InChI is InChI=1S/C19H13BrClNO5/c1-10(23)26-17-14(21)7-11(9-16(17)25-2)8-15-19(24)27-18(22-15)12-3-5-13(20)6-4-12/h3-9H,1-2H3/b15-8+. The molecular formula is C19H13BrClNO5. The van der Waals surface area contributed by atoms with Crippen LogP contribution in [-0.4, -0.2) is 24.9 Å². The zero-order valence-electron chi connectivity index (χ0n) is 14.3. The predicted octanol–water partition coefficient (Wildman–Crippen LogP) is 4.38. The van der Waals surface area contributed by atoms with Crippen molar-refractivity contribution < 1.29 is 23.8 Å². The average molecular weight is 451 g/mol. The smallest absolute Gasteiger partial charge is 0.363 e. The second kappa shape index (κ2) is 7.94. The third kappa shape index (κ3) is 4.37. The molecule has 27 heavy (non-hydrogen) atoms. The Morgan fingerprint density at radius 1 is 1.26 bits per heavy atom. The molecule has 0 aliphatic carbocycles. The fraction of sp³-hybridized carbons (Fsp3) is 0.105. The Bertz CT molecular complexity index is 982. The van der Waals surface area contributed by atoms with E-state index in [1.54, 1.807) is 18.2 Å². The van der Waals surface area contributed by atoms with E-state index < -0.39 is 11.9 Å². The predicted molar refractivity (Wildman–Crippen MR) is 104 cm³/mol. The van der Waals surface area contributed by atoms with Gasteiger partial charge >= 0.3 is 11.9 Å². The Morgan fingerprint density at radius 2 is 1.96 bits per heavy atom. The van der Waals surface area contributed by atoms with Crippen molar-refractivity contribution in [2.24, 2.45) is 4.99 Å². The number of cyclic esters (lactones) is 1. The second-order valence-corrected chi connectivity index (χ2v) is 6.79. The van der Waals surface area contributed by atoms with Crippen molar-refractivity contribution in [3.8, 4) is 11.5 Å². The van der Waals surface area contributed by atoms with E-state index in [-0.39, 0.29) is 28.1 Å². The minimum atomic E-state index is -0.577. The molecule has 1 heterocycles. The molecule has 6 nitrogen and oxygen atoms in total. The molecule has 0 atom stereocenters. The molecule has 2 aromatic carbocycles. The number of methoxy groups -OCH3 is 1. The number of ether oxygens (including phenoxy) is 3. The van der Waals surface area contributed by atoms with E-state index in [0.717, 1.165) is 4.47 Å². The lowest BCUT2D eigenvalue weighted by molar-refractivity contribution is -0.132. The van der Waals surface area contributed by atoms with Gasteiger partial charge in [0.25, 0.3) is 0 Å². The Labute approximate surface area is 168 Å². The van der Waals surface area contributed by atoms with Crippen LogP contribution in [0.3, 0.4) is 0 Å². The maximum Gasteiger partial charge on any atom is 0.363 e. The van der Waals surface area contributed by atoms with Gasteiger partial charge in [-0.15, -0.1) is 0 Å². The van der Waals surface area contributed by atoms with Crippen LogP contribution < -0.4 is 9.47 Å². The maximum absolute atomic E-state index is 12.1. The number of halogens is 2. The Kier molecular flexibility index (Phi) is 5.62. The molecule has 8 heteroatoms. The molecule has 0 amide bonds. The van der Waals surface area contributed by atoms with E-state index in [0.29, 0.717) is 11.1 Å². The van der Waals surface area contributed by atoms with Gasteiger partial charge in [-0.05, 0) is 48.0 Å². The highest BCUT2D eigenvalue weighted by Gasteiger charge is 2.24. The van der Waals surface area contributed by atoms with Gasteiger partial charge in [0.05, 0.1) is 12.1 Å². The molecule has 0 radical (unpaired) electrons. The molecule has 3 rings (SSSR count). The van der Waals surface area contributed by atoms with Crippen molar-refractivity contribution in [1.29, 1.82) is 0 Å². The summed E-state index contributed by atoms with van der Waals surface area (Å²) in [6.45, 7) is 1.26.